The Labute approximate surface area is 481 Å². The highest BCUT2D eigenvalue weighted by atomic mass is 16.7. The summed E-state index contributed by atoms with van der Waals surface area (Å²) in [6, 6.07) is 0. The second-order valence-electron chi connectivity index (χ2n) is 22.0. The fourth-order valence-corrected chi connectivity index (χ4v) is 9.65. The lowest BCUT2D eigenvalue weighted by molar-refractivity contribution is -0.301. The molecule has 1 aliphatic rings. The summed E-state index contributed by atoms with van der Waals surface area (Å²) < 4.78 is 28.5. The first kappa shape index (κ1) is 73.4. The van der Waals surface area contributed by atoms with Gasteiger partial charge in [0, 0.05) is 19.3 Å². The van der Waals surface area contributed by atoms with Crippen LogP contribution in [0, 0.1) is 0 Å². The average Bonchev–Trinajstić information content (AvgIpc) is 3.47. The minimum Gasteiger partial charge on any atom is -0.479 e. The number of carboxylic acid groups (broad SMARTS) is 1. The Bertz CT molecular complexity index is 1600. The Balaban J connectivity index is 2.64. The Morgan fingerprint density at radius 3 is 1.24 bits per heavy atom. The van der Waals surface area contributed by atoms with Gasteiger partial charge in [-0.25, -0.2) is 4.79 Å². The van der Waals surface area contributed by atoms with Crippen molar-refractivity contribution in [2.45, 2.75) is 327 Å². The van der Waals surface area contributed by atoms with Crippen LogP contribution in [0.1, 0.15) is 290 Å². The molecule has 6 unspecified atom stereocenters. The minimum atomic E-state index is -1.91. The number of carbonyl (C=O) groups excluding carboxylic acids is 3. The van der Waals surface area contributed by atoms with Crippen LogP contribution >= 0.6 is 0 Å². The van der Waals surface area contributed by atoms with E-state index in [-0.39, 0.29) is 25.9 Å². The number of unbranched alkanes of at least 4 members (excludes halogenated alkanes) is 31. The number of aliphatic carboxylic acids is 1. The van der Waals surface area contributed by atoms with E-state index in [0.29, 0.717) is 19.3 Å². The normalized spacial score (nSPS) is 18.2. The maximum absolute atomic E-state index is 13.2. The van der Waals surface area contributed by atoms with Gasteiger partial charge in [0.15, 0.2) is 24.6 Å². The third-order valence-corrected chi connectivity index (χ3v) is 14.6. The van der Waals surface area contributed by atoms with E-state index in [1.165, 1.54) is 122 Å². The van der Waals surface area contributed by atoms with E-state index in [1.807, 2.05) is 0 Å². The molecule has 0 saturated carbocycles. The highest BCUT2D eigenvalue weighted by Crippen LogP contribution is 2.27. The van der Waals surface area contributed by atoms with Gasteiger partial charge in [-0.15, -0.1) is 0 Å². The largest absolute Gasteiger partial charge is 0.479 e. The molecule has 0 aromatic heterocycles. The molecule has 1 rings (SSSR count). The van der Waals surface area contributed by atoms with Crippen molar-refractivity contribution in [3.8, 4) is 0 Å². The van der Waals surface area contributed by atoms with Crippen molar-refractivity contribution in [2.75, 3.05) is 13.2 Å². The zero-order valence-corrected chi connectivity index (χ0v) is 50.4. The number of carbonyl (C=O) groups is 4. The van der Waals surface area contributed by atoms with Crippen LogP contribution in [0.15, 0.2) is 60.8 Å². The van der Waals surface area contributed by atoms with Gasteiger partial charge in [0.1, 0.15) is 18.8 Å². The Hall–Kier alpha value is -3.58. The van der Waals surface area contributed by atoms with Gasteiger partial charge in [-0.05, 0) is 83.5 Å². The van der Waals surface area contributed by atoms with Gasteiger partial charge in [-0.3, -0.25) is 14.4 Å². The molecule has 79 heavy (non-hydrogen) atoms. The summed E-state index contributed by atoms with van der Waals surface area (Å²) in [5.74, 6) is -3.11. The van der Waals surface area contributed by atoms with Gasteiger partial charge in [0.05, 0.1) is 6.61 Å². The molecule has 1 aliphatic heterocycles. The second kappa shape index (κ2) is 55.0. The van der Waals surface area contributed by atoms with Gasteiger partial charge in [0.25, 0.3) is 0 Å². The number of hydrogen-bond acceptors (Lipinski definition) is 11. The molecule has 1 saturated heterocycles. The summed E-state index contributed by atoms with van der Waals surface area (Å²) >= 11 is 0. The van der Waals surface area contributed by atoms with Crippen LogP contribution in [0.25, 0.3) is 0 Å². The van der Waals surface area contributed by atoms with Crippen molar-refractivity contribution in [1.82, 2.24) is 0 Å². The molecule has 0 spiro atoms. The molecule has 0 aromatic carbocycles. The third-order valence-electron chi connectivity index (χ3n) is 14.6. The summed E-state index contributed by atoms with van der Waals surface area (Å²) in [4.78, 5) is 51.3. The SMILES string of the molecule is CC/C=C\C/C=C\C/C=C\CCCCCCCCCC(=O)OCC(COC1OC(C(=O)O)C(O)C(O)C1OC(=O)CCCCCCCCCCC/C=C\C/C=C\CCCCC)OC(=O)CCCCCCCCCCCCCCC. The fraction of sp³-hybridized carbons (Fsp3) is 0.791. The lowest BCUT2D eigenvalue weighted by Gasteiger charge is -2.40. The smallest absolute Gasteiger partial charge is 0.335 e. The number of rotatable bonds is 55. The van der Waals surface area contributed by atoms with E-state index in [1.54, 1.807) is 0 Å². The van der Waals surface area contributed by atoms with Crippen LogP contribution in [0.5, 0.6) is 0 Å². The Kier molecular flexibility index (Phi) is 51.1. The predicted molar refractivity (Wildman–Crippen MR) is 322 cm³/mol. The fourth-order valence-electron chi connectivity index (χ4n) is 9.65. The number of ether oxygens (including phenoxy) is 5. The summed E-state index contributed by atoms with van der Waals surface area (Å²) in [7, 11) is 0. The molecule has 0 aliphatic carbocycles. The van der Waals surface area contributed by atoms with Crippen LogP contribution in [0.2, 0.25) is 0 Å². The quantitative estimate of drug-likeness (QED) is 0.0228. The number of aliphatic hydroxyl groups is 2. The minimum absolute atomic E-state index is 0.0557. The molecule has 6 atom stereocenters. The highest BCUT2D eigenvalue weighted by molar-refractivity contribution is 5.74. The zero-order valence-electron chi connectivity index (χ0n) is 50.4. The van der Waals surface area contributed by atoms with Crippen molar-refractivity contribution in [1.29, 1.82) is 0 Å². The van der Waals surface area contributed by atoms with Crippen molar-refractivity contribution >= 4 is 23.9 Å². The molecule has 0 radical (unpaired) electrons. The van der Waals surface area contributed by atoms with E-state index < -0.39 is 67.3 Å². The van der Waals surface area contributed by atoms with Crippen LogP contribution < -0.4 is 0 Å². The van der Waals surface area contributed by atoms with E-state index in [9.17, 15) is 34.5 Å². The van der Waals surface area contributed by atoms with Crippen LogP contribution in [-0.4, -0.2) is 89.2 Å². The molecule has 1 heterocycles. The number of esters is 3. The lowest BCUT2D eigenvalue weighted by atomic mass is 9.98. The van der Waals surface area contributed by atoms with Crippen LogP contribution in [-0.2, 0) is 42.9 Å². The Morgan fingerprint density at radius 1 is 0.430 bits per heavy atom. The lowest BCUT2D eigenvalue weighted by Crippen LogP contribution is -2.61. The Morgan fingerprint density at radius 2 is 0.797 bits per heavy atom. The third kappa shape index (κ3) is 44.7. The number of hydrogen-bond donors (Lipinski definition) is 3. The molecule has 0 amide bonds. The van der Waals surface area contributed by atoms with E-state index in [4.69, 9.17) is 23.7 Å². The molecule has 12 nitrogen and oxygen atoms in total. The first-order valence-corrected chi connectivity index (χ1v) is 32.3. The zero-order chi connectivity index (χ0) is 57.5. The number of aliphatic hydroxyl groups excluding tert-OH is 2. The molecule has 456 valence electrons. The van der Waals surface area contributed by atoms with Gasteiger partial charge < -0.3 is 39.0 Å². The first-order valence-electron chi connectivity index (χ1n) is 32.3. The summed E-state index contributed by atoms with van der Waals surface area (Å²) in [5.41, 5.74) is 0. The predicted octanol–water partition coefficient (Wildman–Crippen LogP) is 17.1. The molecule has 3 N–H and O–H groups in total. The topological polar surface area (TPSA) is 175 Å². The van der Waals surface area contributed by atoms with E-state index >= 15 is 0 Å². The maximum atomic E-state index is 13.2. The molecule has 1 fully saturated rings. The van der Waals surface area contributed by atoms with Gasteiger partial charge in [-0.1, -0.05) is 248 Å². The van der Waals surface area contributed by atoms with Crippen molar-refractivity contribution in [3.63, 3.8) is 0 Å². The number of allylic oxidation sites excluding steroid dienone is 10. The van der Waals surface area contributed by atoms with Crippen molar-refractivity contribution < 1.29 is 58.2 Å². The van der Waals surface area contributed by atoms with Crippen LogP contribution in [0.4, 0.5) is 0 Å². The monoisotopic (exact) mass is 1110 g/mol. The summed E-state index contributed by atoms with van der Waals surface area (Å²) in [6.07, 6.45) is 56.0. The van der Waals surface area contributed by atoms with Crippen molar-refractivity contribution in [2.24, 2.45) is 0 Å². The highest BCUT2D eigenvalue weighted by Gasteiger charge is 2.50. The number of carboxylic acids is 1. The summed E-state index contributed by atoms with van der Waals surface area (Å²) in [6.45, 7) is 5.88. The molecule has 12 heteroatoms. The first-order chi connectivity index (χ1) is 38.6. The van der Waals surface area contributed by atoms with E-state index in [0.717, 1.165) is 109 Å². The van der Waals surface area contributed by atoms with Gasteiger partial charge >= 0.3 is 23.9 Å². The van der Waals surface area contributed by atoms with E-state index in [2.05, 4.69) is 81.5 Å². The molecular weight excluding hydrogens is 997 g/mol. The van der Waals surface area contributed by atoms with Crippen molar-refractivity contribution in [3.05, 3.63) is 60.8 Å². The standard InChI is InChI=1S/C67H116O12/c1-4-7-10-13-16-19-22-25-27-29-30-32-34-37-40-43-46-49-52-55-61(70)78-65-63(72)62(71)64(66(73)74)79-67(65)76-57-58(77-60(69)54-51-48-45-42-39-35-24-21-18-15-12-9-6-3)56-75-59(68)53-50-47-44-41-38-36-33-31-28-26-23-20-17-14-11-8-5-2/h8,11,16-17,19-20,25-28,58,62-65,67,71-72H,4-7,9-10,12-15,18,21-24,29-57H2,1-3H3,(H,73,74)/b11-8-,19-16-,20-17-,27-25-,28-26-. The molecule has 0 bridgehead atoms. The summed E-state index contributed by atoms with van der Waals surface area (Å²) in [5, 5.41) is 31.6. The van der Waals surface area contributed by atoms with Gasteiger partial charge in [0.2, 0.25) is 0 Å². The average molecular weight is 1110 g/mol. The molecule has 0 aromatic rings. The van der Waals surface area contributed by atoms with Gasteiger partial charge in [-0.2, -0.15) is 0 Å². The second-order valence-corrected chi connectivity index (χ2v) is 22.0. The maximum Gasteiger partial charge on any atom is 0.335 e. The molecular formula is C67H116O12. The van der Waals surface area contributed by atoms with Crippen LogP contribution in [0.3, 0.4) is 0 Å².